The van der Waals surface area contributed by atoms with Crippen LogP contribution in [-0.4, -0.2) is 33.1 Å². The minimum atomic E-state index is -5.09. The molecule has 0 saturated heterocycles. The first-order valence-electron chi connectivity index (χ1n) is 14.7. The van der Waals surface area contributed by atoms with E-state index in [2.05, 4.69) is 0 Å². The molecule has 1 aromatic heterocycles. The molecular weight excluding hydrogens is 600 g/mol. The quantitative estimate of drug-likeness (QED) is 0.184. The number of aryl methyl sites for hydroxylation is 1. The van der Waals surface area contributed by atoms with Crippen molar-refractivity contribution in [3.63, 3.8) is 0 Å². The number of carbonyl (C=O) groups is 3. The fourth-order valence-electron chi connectivity index (χ4n) is 7.31. The fraction of sp³-hybridized carbons (Fsp3) is 0.382. The lowest BCUT2D eigenvalue weighted by Crippen LogP contribution is -2.35. The van der Waals surface area contributed by atoms with Crippen molar-refractivity contribution < 1.29 is 45.8 Å². The van der Waals surface area contributed by atoms with Crippen molar-refractivity contribution in [2.75, 3.05) is 0 Å². The number of ketones is 3. The highest BCUT2D eigenvalue weighted by Gasteiger charge is 2.44. The van der Waals surface area contributed by atoms with E-state index in [1.54, 1.807) is 12.1 Å². The maximum Gasteiger partial charge on any atom is 0.416 e. The molecule has 2 fully saturated rings. The maximum absolute atomic E-state index is 13.9. The summed E-state index contributed by atoms with van der Waals surface area (Å²) in [7, 11) is 0. The number of Topliss-reactive ketones (excluding diaryl/α,β-unsaturated/α-hetero) is 3. The number of rotatable bonds is 4. The number of nitrogens with zero attached hydrogens (tertiary/aromatic N) is 1. The SMILES string of the molecule is CCn1c2ccc(C3CC(=O)CC(=O)C3)cc2c2cccc(C3C(=O)CC(c4ccc(C(F)(F)F)cc4C(F)(F)F)CC3O)c21. The summed E-state index contributed by atoms with van der Waals surface area (Å²) in [4.78, 5) is 37.9. The third-order valence-electron chi connectivity index (χ3n) is 9.23. The normalized spacial score (nSPS) is 22.1. The molecule has 5 nitrogen and oxygen atoms in total. The van der Waals surface area contributed by atoms with Crippen LogP contribution in [0.3, 0.4) is 0 Å². The lowest BCUT2D eigenvalue weighted by Gasteiger charge is -2.34. The summed E-state index contributed by atoms with van der Waals surface area (Å²) in [5, 5.41) is 12.9. The van der Waals surface area contributed by atoms with E-state index in [0.29, 0.717) is 23.7 Å². The lowest BCUT2D eigenvalue weighted by molar-refractivity contribution is -0.144. The molecule has 3 atom stereocenters. The largest absolute Gasteiger partial charge is 0.416 e. The van der Waals surface area contributed by atoms with Gasteiger partial charge in [-0.3, -0.25) is 14.4 Å². The number of aliphatic hydroxyl groups is 1. The minimum Gasteiger partial charge on any atom is -0.392 e. The second kappa shape index (κ2) is 11.1. The van der Waals surface area contributed by atoms with Crippen LogP contribution in [0.2, 0.25) is 0 Å². The highest BCUT2D eigenvalue weighted by atomic mass is 19.4. The standard InChI is InChI=1S/C34H29F6NO4/c1-2-41-28-9-6-17(18-10-21(42)16-22(43)11-18)12-26(28)24-4-3-5-25(32(24)41)31-29(44)13-19(14-30(31)45)23-8-7-20(33(35,36)37)15-27(23)34(38,39)40/h3-9,12,15,18-19,29,31,44H,2,10-11,13-14,16H2,1H3. The van der Waals surface area contributed by atoms with E-state index in [1.807, 2.05) is 35.8 Å². The zero-order valence-corrected chi connectivity index (χ0v) is 24.1. The van der Waals surface area contributed by atoms with Gasteiger partial charge in [-0.15, -0.1) is 0 Å². The predicted molar refractivity (Wildman–Crippen MR) is 154 cm³/mol. The highest BCUT2D eigenvalue weighted by molar-refractivity contribution is 6.11. The molecule has 236 valence electrons. The molecule has 1 heterocycles. The second-order valence-corrected chi connectivity index (χ2v) is 12.1. The minimum absolute atomic E-state index is 0.0494. The summed E-state index contributed by atoms with van der Waals surface area (Å²) in [5.41, 5.74) is -0.479. The van der Waals surface area contributed by atoms with Crippen molar-refractivity contribution in [1.29, 1.82) is 0 Å². The van der Waals surface area contributed by atoms with Gasteiger partial charge in [0.1, 0.15) is 17.3 Å². The van der Waals surface area contributed by atoms with Gasteiger partial charge < -0.3 is 9.67 Å². The lowest BCUT2D eigenvalue weighted by atomic mass is 9.72. The predicted octanol–water partition coefficient (Wildman–Crippen LogP) is 7.85. The van der Waals surface area contributed by atoms with E-state index in [4.69, 9.17) is 0 Å². The van der Waals surface area contributed by atoms with E-state index >= 15 is 0 Å². The van der Waals surface area contributed by atoms with Crippen LogP contribution in [0.25, 0.3) is 21.8 Å². The monoisotopic (exact) mass is 629 g/mol. The van der Waals surface area contributed by atoms with Crippen LogP contribution < -0.4 is 0 Å². The molecule has 2 saturated carbocycles. The molecule has 0 radical (unpaired) electrons. The number of aliphatic hydroxyl groups excluding tert-OH is 1. The second-order valence-electron chi connectivity index (χ2n) is 12.1. The number of hydrogen-bond acceptors (Lipinski definition) is 4. The Bertz CT molecular complexity index is 1840. The van der Waals surface area contributed by atoms with Crippen LogP contribution in [0.15, 0.2) is 54.6 Å². The van der Waals surface area contributed by atoms with Crippen LogP contribution in [-0.2, 0) is 33.3 Å². The number of benzene rings is 3. The Morgan fingerprint density at radius 3 is 2.13 bits per heavy atom. The summed E-state index contributed by atoms with van der Waals surface area (Å²) in [6.07, 6.45) is -11.6. The van der Waals surface area contributed by atoms with Gasteiger partial charge >= 0.3 is 12.4 Å². The molecule has 4 aromatic rings. The van der Waals surface area contributed by atoms with Gasteiger partial charge in [-0.2, -0.15) is 26.3 Å². The van der Waals surface area contributed by atoms with Crippen LogP contribution >= 0.6 is 0 Å². The maximum atomic E-state index is 13.9. The highest BCUT2D eigenvalue weighted by Crippen LogP contribution is 2.47. The molecular formula is C34H29F6NO4. The third-order valence-corrected chi connectivity index (χ3v) is 9.23. The van der Waals surface area contributed by atoms with Crippen molar-refractivity contribution in [2.24, 2.45) is 0 Å². The van der Waals surface area contributed by atoms with Crippen molar-refractivity contribution in [3.8, 4) is 0 Å². The average molecular weight is 630 g/mol. The molecule has 11 heteroatoms. The number of fused-ring (bicyclic) bond motifs is 3. The zero-order valence-electron chi connectivity index (χ0n) is 24.1. The number of hydrogen-bond donors (Lipinski definition) is 1. The van der Waals surface area contributed by atoms with Crippen molar-refractivity contribution >= 4 is 39.2 Å². The first-order valence-corrected chi connectivity index (χ1v) is 14.7. The molecule has 45 heavy (non-hydrogen) atoms. The Morgan fingerprint density at radius 1 is 0.800 bits per heavy atom. The summed E-state index contributed by atoms with van der Waals surface area (Å²) < 4.78 is 83.3. The number of halogens is 6. The average Bonchev–Trinajstić information content (AvgIpc) is 3.28. The van der Waals surface area contributed by atoms with E-state index in [1.165, 1.54) is 0 Å². The van der Waals surface area contributed by atoms with Gasteiger partial charge in [-0.05, 0) is 66.1 Å². The summed E-state index contributed by atoms with van der Waals surface area (Å²) in [5.74, 6) is -3.13. The smallest absolute Gasteiger partial charge is 0.392 e. The first-order chi connectivity index (χ1) is 21.2. The molecule has 0 bridgehead atoms. The van der Waals surface area contributed by atoms with Crippen molar-refractivity contribution in [2.45, 2.75) is 81.8 Å². The van der Waals surface area contributed by atoms with Crippen molar-refractivity contribution in [3.05, 3.63) is 82.4 Å². The van der Waals surface area contributed by atoms with Gasteiger partial charge in [-0.1, -0.05) is 30.3 Å². The topological polar surface area (TPSA) is 76.4 Å². The molecule has 0 spiro atoms. The zero-order chi connectivity index (χ0) is 32.4. The third kappa shape index (κ3) is 5.55. The molecule has 1 N–H and O–H groups in total. The van der Waals surface area contributed by atoms with Crippen LogP contribution in [0, 0.1) is 0 Å². The van der Waals surface area contributed by atoms with Crippen molar-refractivity contribution in [1.82, 2.24) is 4.57 Å². The molecule has 0 amide bonds. The number of alkyl halides is 6. The van der Waals surface area contributed by atoms with Gasteiger partial charge in [0.05, 0.1) is 35.1 Å². The molecule has 6 rings (SSSR count). The molecule has 2 aliphatic rings. The first kappa shape index (κ1) is 31.0. The van der Waals surface area contributed by atoms with E-state index in [0.717, 1.165) is 27.9 Å². The van der Waals surface area contributed by atoms with E-state index in [9.17, 15) is 45.8 Å². The number of para-hydroxylation sites is 1. The van der Waals surface area contributed by atoms with Crippen LogP contribution in [0.1, 0.15) is 84.6 Å². The molecule has 3 unspecified atom stereocenters. The Hall–Kier alpha value is -3.99. The number of carbonyl (C=O) groups excluding carboxylic acids is 3. The van der Waals surface area contributed by atoms with Gasteiger partial charge in [0.25, 0.3) is 0 Å². The van der Waals surface area contributed by atoms with Gasteiger partial charge in [0.15, 0.2) is 0 Å². The Kier molecular flexibility index (Phi) is 7.66. The molecule has 2 aliphatic carbocycles. The fourth-order valence-corrected chi connectivity index (χ4v) is 7.31. The number of aromatic nitrogens is 1. The van der Waals surface area contributed by atoms with Gasteiger partial charge in [0.2, 0.25) is 0 Å². The summed E-state index contributed by atoms with van der Waals surface area (Å²) in [6.45, 7) is 2.41. The summed E-state index contributed by atoms with van der Waals surface area (Å²) in [6, 6.07) is 12.4. The van der Waals surface area contributed by atoms with E-state index in [-0.39, 0.29) is 55.7 Å². The Balaban J connectivity index is 1.39. The summed E-state index contributed by atoms with van der Waals surface area (Å²) >= 11 is 0. The van der Waals surface area contributed by atoms with Gasteiger partial charge in [-0.25, -0.2) is 0 Å². The van der Waals surface area contributed by atoms with E-state index < -0.39 is 52.8 Å². The molecule has 3 aromatic carbocycles. The van der Waals surface area contributed by atoms with Crippen LogP contribution in [0.5, 0.6) is 0 Å². The molecule has 0 aliphatic heterocycles. The Labute approximate surface area is 253 Å². The van der Waals surface area contributed by atoms with Gasteiger partial charge in [0, 0.05) is 42.1 Å². The van der Waals surface area contributed by atoms with Crippen LogP contribution in [0.4, 0.5) is 26.3 Å². The Morgan fingerprint density at radius 2 is 1.51 bits per heavy atom.